The fourth-order valence-electron chi connectivity index (χ4n) is 3.50. The van der Waals surface area contributed by atoms with Crippen LogP contribution in [0.1, 0.15) is 52.4 Å². The van der Waals surface area contributed by atoms with E-state index >= 15 is 0 Å². The van der Waals surface area contributed by atoms with Gasteiger partial charge in [0.1, 0.15) is 0 Å². The molecule has 1 atom stereocenters. The summed E-state index contributed by atoms with van der Waals surface area (Å²) in [6, 6.07) is 0.368. The van der Waals surface area contributed by atoms with Crippen molar-refractivity contribution in [2.24, 2.45) is 5.92 Å². The highest BCUT2D eigenvalue weighted by atomic mass is 16.2. The molecule has 20 heavy (non-hydrogen) atoms. The molecule has 0 aromatic rings. The molecular weight excluding hydrogens is 248 g/mol. The van der Waals surface area contributed by atoms with Gasteiger partial charge in [0.25, 0.3) is 0 Å². The van der Waals surface area contributed by atoms with Crippen molar-refractivity contribution in [3.8, 4) is 0 Å². The van der Waals surface area contributed by atoms with Crippen LogP contribution in [-0.4, -0.2) is 47.9 Å². The Labute approximate surface area is 124 Å². The van der Waals surface area contributed by atoms with Crippen molar-refractivity contribution < 1.29 is 4.79 Å². The minimum absolute atomic E-state index is 0.368. The van der Waals surface area contributed by atoms with Gasteiger partial charge < -0.3 is 9.80 Å². The van der Waals surface area contributed by atoms with Crippen molar-refractivity contribution >= 4 is 5.91 Å². The van der Waals surface area contributed by atoms with Crippen molar-refractivity contribution in [3.63, 3.8) is 0 Å². The van der Waals surface area contributed by atoms with Gasteiger partial charge >= 0.3 is 0 Å². The standard InChI is InChI=1S/C17H30N2O/c1-3-6-16-7-5-11-19(16)17(20)14-15-8-12-18(10-4-2)13-9-15/h5,7,15-16H,3-4,6,8-14H2,1-2H3/t16-/m0/s1. The molecule has 0 aromatic heterocycles. The molecule has 0 saturated carbocycles. The number of likely N-dealkylation sites (tertiary alicyclic amines) is 1. The normalized spacial score (nSPS) is 24.5. The van der Waals surface area contributed by atoms with E-state index in [0.717, 1.165) is 25.8 Å². The summed E-state index contributed by atoms with van der Waals surface area (Å²) in [4.78, 5) is 17.1. The van der Waals surface area contributed by atoms with Crippen LogP contribution >= 0.6 is 0 Å². The van der Waals surface area contributed by atoms with Crippen LogP contribution in [0.2, 0.25) is 0 Å². The molecule has 2 heterocycles. The topological polar surface area (TPSA) is 23.6 Å². The zero-order valence-electron chi connectivity index (χ0n) is 13.2. The summed E-state index contributed by atoms with van der Waals surface area (Å²) in [5, 5.41) is 0. The van der Waals surface area contributed by atoms with Crippen LogP contribution in [0.25, 0.3) is 0 Å². The fraction of sp³-hybridized carbons (Fsp3) is 0.824. The number of hydrogen-bond donors (Lipinski definition) is 0. The molecule has 0 radical (unpaired) electrons. The third-order valence-corrected chi connectivity index (χ3v) is 4.68. The highest BCUT2D eigenvalue weighted by Gasteiger charge is 2.27. The van der Waals surface area contributed by atoms with Crippen LogP contribution < -0.4 is 0 Å². The Bertz CT molecular complexity index is 332. The Morgan fingerprint density at radius 3 is 2.60 bits per heavy atom. The van der Waals surface area contributed by atoms with Gasteiger partial charge in [0, 0.05) is 13.0 Å². The largest absolute Gasteiger partial charge is 0.333 e. The third kappa shape index (κ3) is 4.08. The average molecular weight is 278 g/mol. The Morgan fingerprint density at radius 1 is 1.20 bits per heavy atom. The van der Waals surface area contributed by atoms with Crippen LogP contribution in [-0.2, 0) is 4.79 Å². The summed E-state index contributed by atoms with van der Waals surface area (Å²) in [5.74, 6) is 0.987. The Kier molecular flexibility index (Phi) is 6.08. The van der Waals surface area contributed by atoms with Crippen LogP contribution in [0.3, 0.4) is 0 Å². The minimum Gasteiger partial charge on any atom is -0.333 e. The lowest BCUT2D eigenvalue weighted by Gasteiger charge is -2.33. The lowest BCUT2D eigenvalue weighted by atomic mass is 9.92. The van der Waals surface area contributed by atoms with Gasteiger partial charge in [0.05, 0.1) is 6.04 Å². The first kappa shape index (κ1) is 15.6. The second kappa shape index (κ2) is 7.82. The molecule has 1 amide bonds. The Balaban J connectivity index is 1.75. The maximum absolute atomic E-state index is 12.5. The zero-order chi connectivity index (χ0) is 14.4. The quantitative estimate of drug-likeness (QED) is 0.697. The molecule has 2 rings (SSSR count). The van der Waals surface area contributed by atoms with E-state index in [4.69, 9.17) is 0 Å². The summed E-state index contributed by atoms with van der Waals surface area (Å²) >= 11 is 0. The van der Waals surface area contributed by atoms with Crippen molar-refractivity contribution in [2.45, 2.75) is 58.4 Å². The first-order chi connectivity index (χ1) is 9.74. The Hall–Kier alpha value is -0.830. The zero-order valence-corrected chi connectivity index (χ0v) is 13.2. The van der Waals surface area contributed by atoms with E-state index in [2.05, 4.69) is 35.8 Å². The molecule has 0 spiro atoms. The molecular formula is C17H30N2O. The fourth-order valence-corrected chi connectivity index (χ4v) is 3.50. The maximum atomic E-state index is 12.5. The van der Waals surface area contributed by atoms with Gasteiger partial charge in [-0.15, -0.1) is 0 Å². The van der Waals surface area contributed by atoms with Gasteiger partial charge in [-0.25, -0.2) is 0 Å². The number of piperidine rings is 1. The van der Waals surface area contributed by atoms with Gasteiger partial charge in [-0.1, -0.05) is 32.4 Å². The van der Waals surface area contributed by atoms with Gasteiger partial charge in [-0.2, -0.15) is 0 Å². The molecule has 0 unspecified atom stereocenters. The lowest BCUT2D eigenvalue weighted by Crippen LogP contribution is -2.39. The molecule has 0 aliphatic carbocycles. The molecule has 114 valence electrons. The van der Waals surface area contributed by atoms with Crippen LogP contribution in [0.15, 0.2) is 12.2 Å². The highest BCUT2D eigenvalue weighted by Crippen LogP contribution is 2.24. The number of carbonyl (C=O) groups is 1. The van der Waals surface area contributed by atoms with E-state index in [9.17, 15) is 4.79 Å². The predicted octanol–water partition coefficient (Wildman–Crippen LogP) is 3.07. The molecule has 0 aromatic carbocycles. The predicted molar refractivity (Wildman–Crippen MR) is 83.6 cm³/mol. The summed E-state index contributed by atoms with van der Waals surface area (Å²) in [6.07, 6.45) is 11.0. The first-order valence-electron chi connectivity index (χ1n) is 8.43. The van der Waals surface area contributed by atoms with Gasteiger partial charge in [0.2, 0.25) is 5.91 Å². The Morgan fingerprint density at radius 2 is 1.95 bits per heavy atom. The number of carbonyl (C=O) groups excluding carboxylic acids is 1. The number of rotatable bonds is 6. The van der Waals surface area contributed by atoms with E-state index in [-0.39, 0.29) is 0 Å². The van der Waals surface area contributed by atoms with Gasteiger partial charge in [-0.3, -0.25) is 4.79 Å². The first-order valence-corrected chi connectivity index (χ1v) is 8.43. The number of hydrogen-bond acceptors (Lipinski definition) is 2. The third-order valence-electron chi connectivity index (χ3n) is 4.68. The van der Waals surface area contributed by atoms with Crippen molar-refractivity contribution in [1.29, 1.82) is 0 Å². The monoisotopic (exact) mass is 278 g/mol. The minimum atomic E-state index is 0.368. The summed E-state index contributed by atoms with van der Waals surface area (Å²) in [5.41, 5.74) is 0. The summed E-state index contributed by atoms with van der Waals surface area (Å²) in [7, 11) is 0. The molecule has 2 aliphatic heterocycles. The molecule has 3 heteroatoms. The molecule has 0 bridgehead atoms. The number of nitrogens with zero attached hydrogens (tertiary/aromatic N) is 2. The summed E-state index contributed by atoms with van der Waals surface area (Å²) in [6.45, 7) is 8.85. The van der Waals surface area contributed by atoms with Crippen LogP contribution in [0.5, 0.6) is 0 Å². The maximum Gasteiger partial charge on any atom is 0.223 e. The van der Waals surface area contributed by atoms with Crippen molar-refractivity contribution in [1.82, 2.24) is 9.80 Å². The second-order valence-corrected chi connectivity index (χ2v) is 6.32. The second-order valence-electron chi connectivity index (χ2n) is 6.32. The highest BCUT2D eigenvalue weighted by molar-refractivity contribution is 5.77. The molecule has 1 saturated heterocycles. The smallest absolute Gasteiger partial charge is 0.223 e. The van der Waals surface area contributed by atoms with E-state index < -0.39 is 0 Å². The lowest BCUT2D eigenvalue weighted by molar-refractivity contribution is -0.133. The van der Waals surface area contributed by atoms with E-state index in [1.807, 2.05) is 0 Å². The van der Waals surface area contributed by atoms with Gasteiger partial charge in [-0.05, 0) is 51.2 Å². The van der Waals surface area contributed by atoms with Crippen LogP contribution in [0.4, 0.5) is 0 Å². The summed E-state index contributed by atoms with van der Waals surface area (Å²) < 4.78 is 0. The van der Waals surface area contributed by atoms with E-state index in [1.54, 1.807) is 0 Å². The van der Waals surface area contributed by atoms with Gasteiger partial charge in [0.15, 0.2) is 0 Å². The number of amides is 1. The van der Waals surface area contributed by atoms with E-state index in [0.29, 0.717) is 17.9 Å². The van der Waals surface area contributed by atoms with Crippen LogP contribution in [0, 0.1) is 5.92 Å². The average Bonchev–Trinajstić information content (AvgIpc) is 2.90. The molecule has 2 aliphatic rings. The van der Waals surface area contributed by atoms with E-state index in [1.165, 1.54) is 38.9 Å². The molecule has 3 nitrogen and oxygen atoms in total. The van der Waals surface area contributed by atoms with Crippen molar-refractivity contribution in [3.05, 3.63) is 12.2 Å². The SMILES string of the molecule is CCC[C@H]1C=CCN1C(=O)CC1CCN(CCC)CC1. The molecule has 1 fully saturated rings. The van der Waals surface area contributed by atoms with Crippen molar-refractivity contribution in [2.75, 3.05) is 26.2 Å². The molecule has 0 N–H and O–H groups in total.